The number of amides is 1. The Balaban J connectivity index is 1.63. The third-order valence-electron chi connectivity index (χ3n) is 5.48. The van der Waals surface area contributed by atoms with Gasteiger partial charge >= 0.3 is 0 Å². The Labute approximate surface area is 177 Å². The molecule has 164 valence electrons. The number of rotatable bonds is 7. The van der Waals surface area contributed by atoms with Gasteiger partial charge < -0.3 is 14.8 Å². The molecule has 1 N–H and O–H groups in total. The number of hydrogen-bond donors (Lipinski definition) is 1. The zero-order valence-corrected chi connectivity index (χ0v) is 17.6. The quantitative estimate of drug-likeness (QED) is 0.615. The number of imidazole rings is 1. The van der Waals surface area contributed by atoms with Gasteiger partial charge in [-0.1, -0.05) is 6.92 Å². The van der Waals surface area contributed by atoms with Gasteiger partial charge in [0.15, 0.2) is 17.0 Å². The van der Waals surface area contributed by atoms with E-state index < -0.39 is 18.4 Å². The largest absolute Gasteiger partial charge is 0.356 e. The third-order valence-corrected chi connectivity index (χ3v) is 5.48. The summed E-state index contributed by atoms with van der Waals surface area (Å²) in [6, 6.07) is -0.588. The van der Waals surface area contributed by atoms with Gasteiger partial charge in [-0.2, -0.15) is 0 Å². The van der Waals surface area contributed by atoms with Crippen LogP contribution < -0.4 is 5.32 Å². The molecule has 1 aliphatic heterocycles. The maximum Gasteiger partial charge on any atom is 0.245 e. The van der Waals surface area contributed by atoms with Crippen molar-refractivity contribution in [2.24, 2.45) is 5.92 Å². The summed E-state index contributed by atoms with van der Waals surface area (Å²) in [5.41, 5.74) is 1.90. The van der Waals surface area contributed by atoms with Gasteiger partial charge in [-0.05, 0) is 20.3 Å². The van der Waals surface area contributed by atoms with Crippen molar-refractivity contribution in [2.75, 3.05) is 18.4 Å². The van der Waals surface area contributed by atoms with Crippen molar-refractivity contribution in [3.05, 3.63) is 24.5 Å². The third kappa shape index (κ3) is 3.91. The number of hydrogen-bond acceptors (Lipinski definition) is 7. The van der Waals surface area contributed by atoms with E-state index in [1.165, 1.54) is 11.2 Å². The smallest absolute Gasteiger partial charge is 0.245 e. The predicted octanol–water partition coefficient (Wildman–Crippen LogP) is 2.53. The van der Waals surface area contributed by atoms with Crippen LogP contribution in [0.2, 0.25) is 0 Å². The second-order valence-electron chi connectivity index (χ2n) is 7.54. The fraction of sp³-hybridized carbons (Fsp3) is 0.500. The lowest BCUT2D eigenvalue weighted by atomic mass is 9.99. The second kappa shape index (κ2) is 8.48. The van der Waals surface area contributed by atoms with Crippen molar-refractivity contribution in [3.8, 4) is 11.4 Å². The van der Waals surface area contributed by atoms with Gasteiger partial charge in [0.25, 0.3) is 0 Å². The van der Waals surface area contributed by atoms with Gasteiger partial charge in [0.2, 0.25) is 12.3 Å². The van der Waals surface area contributed by atoms with Crippen molar-refractivity contribution in [2.45, 2.75) is 46.2 Å². The molecule has 3 aromatic heterocycles. The average Bonchev–Trinajstić information content (AvgIpc) is 3.10. The average molecular weight is 430 g/mol. The minimum atomic E-state index is -2.40. The molecule has 1 atom stereocenters. The van der Waals surface area contributed by atoms with Gasteiger partial charge in [0.05, 0.1) is 11.5 Å². The first-order valence-electron chi connectivity index (χ1n) is 10.3. The lowest BCUT2D eigenvalue weighted by Crippen LogP contribution is -2.56. The van der Waals surface area contributed by atoms with Crippen molar-refractivity contribution in [1.82, 2.24) is 34.4 Å². The van der Waals surface area contributed by atoms with Crippen LogP contribution in [0.5, 0.6) is 0 Å². The Bertz CT molecular complexity index is 1080. The summed E-state index contributed by atoms with van der Waals surface area (Å²) >= 11 is 0. The monoisotopic (exact) mass is 430 g/mol. The fourth-order valence-corrected chi connectivity index (χ4v) is 3.65. The van der Waals surface area contributed by atoms with Crippen molar-refractivity contribution < 1.29 is 13.6 Å². The van der Waals surface area contributed by atoms with Crippen LogP contribution in [0, 0.1) is 12.8 Å². The van der Waals surface area contributed by atoms with Crippen LogP contribution in [-0.4, -0.2) is 65.9 Å². The lowest BCUT2D eigenvalue weighted by molar-refractivity contribution is -0.142. The molecule has 1 saturated heterocycles. The minimum absolute atomic E-state index is 0.0793. The maximum atomic E-state index is 12.8. The molecule has 4 rings (SSSR count). The topological polar surface area (TPSA) is 102 Å². The summed E-state index contributed by atoms with van der Waals surface area (Å²) in [7, 11) is 0. The summed E-state index contributed by atoms with van der Waals surface area (Å²) < 4.78 is 27.5. The number of nitrogens with zero attached hydrogens (tertiary/aromatic N) is 7. The highest BCUT2D eigenvalue weighted by molar-refractivity contribution is 5.90. The maximum absolute atomic E-state index is 12.8. The zero-order valence-electron chi connectivity index (χ0n) is 17.6. The van der Waals surface area contributed by atoms with E-state index in [-0.39, 0.29) is 19.0 Å². The molecule has 11 heteroatoms. The summed E-state index contributed by atoms with van der Waals surface area (Å²) in [5, 5.41) is 3.15. The number of carbonyl (C=O) groups excluding carboxylic acids is 1. The number of likely N-dealkylation sites (tertiary alicyclic amines) is 1. The Morgan fingerprint density at radius 1 is 1.19 bits per heavy atom. The van der Waals surface area contributed by atoms with Gasteiger partial charge in [0.1, 0.15) is 24.0 Å². The molecule has 0 aromatic carbocycles. The Morgan fingerprint density at radius 3 is 2.52 bits per heavy atom. The molecule has 9 nitrogen and oxygen atoms in total. The van der Waals surface area contributed by atoms with E-state index in [1.807, 2.05) is 25.3 Å². The molecule has 4 heterocycles. The minimum Gasteiger partial charge on any atom is -0.356 e. The van der Waals surface area contributed by atoms with E-state index in [9.17, 15) is 13.6 Å². The summed E-state index contributed by atoms with van der Waals surface area (Å²) in [6.07, 6.45) is 2.91. The summed E-state index contributed by atoms with van der Waals surface area (Å²) in [5.74, 6) is 0.787. The van der Waals surface area contributed by atoms with Crippen LogP contribution >= 0.6 is 0 Å². The van der Waals surface area contributed by atoms with Crippen LogP contribution in [-0.2, 0) is 11.3 Å². The molecule has 0 spiro atoms. The van der Waals surface area contributed by atoms with E-state index >= 15 is 0 Å². The fourth-order valence-electron chi connectivity index (χ4n) is 3.65. The van der Waals surface area contributed by atoms with Gasteiger partial charge in [-0.3, -0.25) is 4.79 Å². The molecule has 1 fully saturated rings. The molecule has 0 saturated carbocycles. The normalized spacial score (nSPS) is 15.4. The number of carbonyl (C=O) groups is 1. The Morgan fingerprint density at radius 2 is 1.90 bits per heavy atom. The highest BCUT2D eigenvalue weighted by atomic mass is 19.3. The van der Waals surface area contributed by atoms with Crippen LogP contribution in [0.3, 0.4) is 0 Å². The number of anilines is 1. The summed E-state index contributed by atoms with van der Waals surface area (Å²) in [6.45, 7) is 6.43. The molecular formula is C20H24F2N8O. The highest BCUT2D eigenvalue weighted by Crippen LogP contribution is 2.28. The molecule has 31 heavy (non-hydrogen) atoms. The number of aryl methyl sites for hydroxylation is 2. The second-order valence-corrected chi connectivity index (χ2v) is 7.54. The lowest BCUT2D eigenvalue weighted by Gasteiger charge is -2.40. The summed E-state index contributed by atoms with van der Waals surface area (Å²) in [4.78, 5) is 36.1. The van der Waals surface area contributed by atoms with Gasteiger partial charge in [-0.15, -0.1) is 0 Å². The molecule has 1 aliphatic rings. The predicted molar refractivity (Wildman–Crippen MR) is 111 cm³/mol. The molecule has 3 aromatic rings. The van der Waals surface area contributed by atoms with Crippen molar-refractivity contribution in [1.29, 1.82) is 0 Å². The van der Waals surface area contributed by atoms with E-state index in [0.29, 0.717) is 41.6 Å². The van der Waals surface area contributed by atoms with E-state index in [4.69, 9.17) is 4.98 Å². The molecule has 0 radical (unpaired) electrons. The first-order chi connectivity index (χ1) is 14.9. The Kier molecular flexibility index (Phi) is 5.75. The molecule has 1 unspecified atom stereocenters. The number of aromatic nitrogens is 6. The number of fused-ring (bicyclic) bond motifs is 1. The first-order valence-corrected chi connectivity index (χ1v) is 10.3. The van der Waals surface area contributed by atoms with Gasteiger partial charge in [0, 0.05) is 32.0 Å². The molecule has 1 amide bonds. The molecule has 0 aliphatic carbocycles. The highest BCUT2D eigenvalue weighted by Gasteiger charge is 2.38. The van der Waals surface area contributed by atoms with Crippen molar-refractivity contribution >= 4 is 22.9 Å². The van der Waals surface area contributed by atoms with E-state index in [0.717, 1.165) is 5.56 Å². The van der Waals surface area contributed by atoms with Crippen LogP contribution in [0.25, 0.3) is 22.6 Å². The number of nitrogens with one attached hydrogen (secondary N) is 1. The van der Waals surface area contributed by atoms with E-state index in [1.54, 1.807) is 12.4 Å². The van der Waals surface area contributed by atoms with E-state index in [2.05, 4.69) is 25.3 Å². The number of alkyl halides is 2. The standard InChI is InChI=1S/C20H24F2N8O/c1-4-14(20(31)29-8-13(9-29)16(21)22)27-17-15-19(26-10-25-17)30(5-2)18(28-15)12-6-23-11(3)24-7-12/h6-7,10,13-14,16H,4-5,8-9H2,1-3H3,(H,25,26,27). The van der Waals surface area contributed by atoms with Crippen LogP contribution in [0.15, 0.2) is 18.7 Å². The molecule has 0 bridgehead atoms. The zero-order chi connectivity index (χ0) is 22.1. The molecular weight excluding hydrogens is 406 g/mol. The van der Waals surface area contributed by atoms with Crippen LogP contribution in [0.1, 0.15) is 26.1 Å². The van der Waals surface area contributed by atoms with Gasteiger partial charge in [-0.25, -0.2) is 33.7 Å². The van der Waals surface area contributed by atoms with Crippen molar-refractivity contribution in [3.63, 3.8) is 0 Å². The van der Waals surface area contributed by atoms with Crippen LogP contribution in [0.4, 0.5) is 14.6 Å². The Hall–Kier alpha value is -3.24. The first kappa shape index (κ1) is 21.0. The SMILES string of the molecule is CCC(Nc1ncnc2c1nc(-c1cnc(C)nc1)n2CC)C(=O)N1CC(C(F)F)C1. The number of halogens is 2.